The van der Waals surface area contributed by atoms with Crippen LogP contribution in [0.1, 0.15) is 11.1 Å². The van der Waals surface area contributed by atoms with E-state index in [2.05, 4.69) is 0 Å². The summed E-state index contributed by atoms with van der Waals surface area (Å²) in [5.41, 5.74) is 5.79. The largest absolute Gasteiger partial charge is 0.484 e. The minimum Gasteiger partial charge on any atom is -0.484 e. The van der Waals surface area contributed by atoms with Gasteiger partial charge in [0.2, 0.25) is 0 Å². The lowest BCUT2D eigenvalue weighted by Gasteiger charge is -2.10. The topological polar surface area (TPSA) is 59.0 Å². The molecule has 0 aromatic heterocycles. The van der Waals surface area contributed by atoms with Crippen molar-refractivity contribution in [2.75, 3.05) is 5.73 Å². The molecule has 19 heavy (non-hydrogen) atoms. The zero-order chi connectivity index (χ0) is 13.8. The van der Waals surface area contributed by atoms with Gasteiger partial charge in [-0.15, -0.1) is 0 Å². The van der Waals surface area contributed by atoms with Crippen LogP contribution in [-0.4, -0.2) is 0 Å². The standard InChI is InChI=1S/C14H10F2N2O/c15-11-5-2-6-12(18)14(11)19-8-10-4-1-3-9(7-17)13(10)16/h1-6H,8,18H2. The molecule has 0 saturated carbocycles. The number of anilines is 1. The number of hydrogen-bond acceptors (Lipinski definition) is 3. The summed E-state index contributed by atoms with van der Waals surface area (Å²) in [6, 6.07) is 10.2. The number of hydrogen-bond donors (Lipinski definition) is 1. The first kappa shape index (κ1) is 12.8. The monoisotopic (exact) mass is 260 g/mol. The third-order valence-electron chi connectivity index (χ3n) is 2.57. The van der Waals surface area contributed by atoms with Crippen molar-refractivity contribution >= 4 is 5.69 Å². The normalized spacial score (nSPS) is 9.95. The Labute approximate surface area is 108 Å². The number of nitrogens with zero attached hydrogens (tertiary/aromatic N) is 1. The summed E-state index contributed by atoms with van der Waals surface area (Å²) in [6.45, 7) is -0.202. The minimum atomic E-state index is -0.667. The Kier molecular flexibility index (Phi) is 3.62. The second-order valence-corrected chi connectivity index (χ2v) is 3.84. The minimum absolute atomic E-state index is 0.0809. The third kappa shape index (κ3) is 2.63. The van der Waals surface area contributed by atoms with Gasteiger partial charge in [-0.25, -0.2) is 8.78 Å². The van der Waals surface area contributed by atoms with Gasteiger partial charge in [0, 0.05) is 5.56 Å². The summed E-state index contributed by atoms with van der Waals surface area (Å²) in [4.78, 5) is 0. The highest BCUT2D eigenvalue weighted by molar-refractivity contribution is 5.52. The number of nitriles is 1. The number of nitrogen functional groups attached to an aromatic ring is 1. The molecule has 0 unspecified atom stereocenters. The van der Waals surface area contributed by atoms with Crippen LogP contribution >= 0.6 is 0 Å². The van der Waals surface area contributed by atoms with Crippen molar-refractivity contribution in [3.8, 4) is 11.8 Å². The zero-order valence-corrected chi connectivity index (χ0v) is 9.86. The van der Waals surface area contributed by atoms with Gasteiger partial charge < -0.3 is 10.5 Å². The maximum Gasteiger partial charge on any atom is 0.178 e. The van der Waals surface area contributed by atoms with E-state index in [1.807, 2.05) is 0 Å². The fourth-order valence-electron chi connectivity index (χ4n) is 1.61. The molecule has 96 valence electrons. The Balaban J connectivity index is 2.22. The van der Waals surface area contributed by atoms with Gasteiger partial charge in [-0.3, -0.25) is 0 Å². The first-order chi connectivity index (χ1) is 9.13. The molecule has 0 aliphatic carbocycles. The van der Waals surface area contributed by atoms with Gasteiger partial charge in [-0.1, -0.05) is 18.2 Å². The Bertz CT molecular complexity index is 630. The second kappa shape index (κ2) is 5.36. The fraction of sp³-hybridized carbons (Fsp3) is 0.0714. The number of rotatable bonds is 3. The Hall–Kier alpha value is -2.61. The van der Waals surface area contributed by atoms with Crippen molar-refractivity contribution in [2.24, 2.45) is 0 Å². The highest BCUT2D eigenvalue weighted by Gasteiger charge is 2.11. The van der Waals surface area contributed by atoms with Crippen LogP contribution in [0.4, 0.5) is 14.5 Å². The number of benzene rings is 2. The van der Waals surface area contributed by atoms with Crippen LogP contribution < -0.4 is 10.5 Å². The predicted molar refractivity (Wildman–Crippen MR) is 66.3 cm³/mol. The average molecular weight is 260 g/mol. The molecular weight excluding hydrogens is 250 g/mol. The van der Waals surface area contributed by atoms with E-state index in [1.54, 1.807) is 6.07 Å². The number of ether oxygens (including phenoxy) is 1. The third-order valence-corrected chi connectivity index (χ3v) is 2.57. The smallest absolute Gasteiger partial charge is 0.178 e. The number of para-hydroxylation sites is 1. The highest BCUT2D eigenvalue weighted by atomic mass is 19.1. The van der Waals surface area contributed by atoms with Crippen molar-refractivity contribution in [3.63, 3.8) is 0 Å². The van der Waals surface area contributed by atoms with Crippen molar-refractivity contribution in [1.29, 1.82) is 5.26 Å². The van der Waals surface area contributed by atoms with E-state index in [4.69, 9.17) is 15.7 Å². The van der Waals surface area contributed by atoms with Gasteiger partial charge in [-0.05, 0) is 18.2 Å². The average Bonchev–Trinajstić information content (AvgIpc) is 2.40. The molecule has 0 amide bonds. The summed E-state index contributed by atoms with van der Waals surface area (Å²) >= 11 is 0. The molecule has 2 aromatic rings. The van der Waals surface area contributed by atoms with Crippen molar-refractivity contribution in [2.45, 2.75) is 6.61 Å². The lowest BCUT2D eigenvalue weighted by atomic mass is 10.1. The molecule has 0 spiro atoms. The quantitative estimate of drug-likeness (QED) is 0.863. The summed E-state index contributed by atoms with van der Waals surface area (Å²) < 4.78 is 32.4. The Morgan fingerprint density at radius 2 is 1.89 bits per heavy atom. The van der Waals surface area contributed by atoms with E-state index in [-0.39, 0.29) is 29.2 Å². The summed E-state index contributed by atoms with van der Waals surface area (Å²) in [6.07, 6.45) is 0. The molecule has 0 saturated heterocycles. The molecule has 0 heterocycles. The lowest BCUT2D eigenvalue weighted by Crippen LogP contribution is -2.03. The molecule has 0 atom stereocenters. The van der Waals surface area contributed by atoms with E-state index in [0.29, 0.717) is 0 Å². The van der Waals surface area contributed by atoms with Crippen LogP contribution in [0.5, 0.6) is 5.75 Å². The molecule has 5 heteroatoms. The second-order valence-electron chi connectivity index (χ2n) is 3.84. The van der Waals surface area contributed by atoms with Crippen molar-refractivity contribution in [1.82, 2.24) is 0 Å². The van der Waals surface area contributed by atoms with Crippen molar-refractivity contribution in [3.05, 3.63) is 59.2 Å². The van der Waals surface area contributed by atoms with Gasteiger partial charge in [0.05, 0.1) is 11.3 Å². The SMILES string of the molecule is N#Cc1cccc(COc2c(N)cccc2F)c1F. The molecule has 0 fully saturated rings. The van der Waals surface area contributed by atoms with E-state index in [0.717, 1.165) is 0 Å². The fourth-order valence-corrected chi connectivity index (χ4v) is 1.61. The van der Waals surface area contributed by atoms with Gasteiger partial charge in [0.1, 0.15) is 18.5 Å². The van der Waals surface area contributed by atoms with Crippen LogP contribution in [0.2, 0.25) is 0 Å². The summed E-state index contributed by atoms with van der Waals surface area (Å²) in [5.74, 6) is -1.40. The molecule has 2 N–H and O–H groups in total. The van der Waals surface area contributed by atoms with Crippen LogP contribution in [0.25, 0.3) is 0 Å². The molecule has 2 rings (SSSR count). The summed E-state index contributed by atoms with van der Waals surface area (Å²) in [7, 11) is 0. The zero-order valence-electron chi connectivity index (χ0n) is 9.86. The van der Waals surface area contributed by atoms with E-state index >= 15 is 0 Å². The summed E-state index contributed by atoms with van der Waals surface area (Å²) in [5, 5.41) is 8.71. The Morgan fingerprint density at radius 3 is 2.58 bits per heavy atom. The highest BCUT2D eigenvalue weighted by Crippen LogP contribution is 2.26. The van der Waals surface area contributed by atoms with Crippen molar-refractivity contribution < 1.29 is 13.5 Å². The molecule has 0 aliphatic heterocycles. The van der Waals surface area contributed by atoms with Gasteiger partial charge in [0.15, 0.2) is 11.6 Å². The molecule has 0 aliphatic rings. The molecule has 0 bridgehead atoms. The van der Waals surface area contributed by atoms with Gasteiger partial charge in [0.25, 0.3) is 0 Å². The molecular formula is C14H10F2N2O. The first-order valence-corrected chi connectivity index (χ1v) is 5.47. The Morgan fingerprint density at radius 1 is 1.16 bits per heavy atom. The van der Waals surface area contributed by atoms with Gasteiger partial charge in [-0.2, -0.15) is 5.26 Å². The van der Waals surface area contributed by atoms with Crippen LogP contribution in [0, 0.1) is 23.0 Å². The van der Waals surface area contributed by atoms with Crippen LogP contribution in [-0.2, 0) is 6.61 Å². The molecule has 3 nitrogen and oxygen atoms in total. The van der Waals surface area contributed by atoms with E-state index < -0.39 is 11.6 Å². The predicted octanol–water partition coefficient (Wildman–Crippen LogP) is 3.00. The lowest BCUT2D eigenvalue weighted by molar-refractivity contribution is 0.286. The van der Waals surface area contributed by atoms with E-state index in [9.17, 15) is 8.78 Å². The van der Waals surface area contributed by atoms with E-state index in [1.165, 1.54) is 36.4 Å². The maximum atomic E-state index is 13.7. The van der Waals surface area contributed by atoms with Gasteiger partial charge >= 0.3 is 0 Å². The first-order valence-electron chi connectivity index (χ1n) is 5.47. The molecule has 0 radical (unpaired) electrons. The van der Waals surface area contributed by atoms with Crippen LogP contribution in [0.3, 0.4) is 0 Å². The number of halogens is 2. The maximum absolute atomic E-state index is 13.7. The van der Waals surface area contributed by atoms with Crippen LogP contribution in [0.15, 0.2) is 36.4 Å². The molecule has 2 aromatic carbocycles. The number of nitrogens with two attached hydrogens (primary N) is 1.